The Morgan fingerprint density at radius 3 is 2.48 bits per heavy atom. The number of hydrogen-bond acceptors (Lipinski definition) is 4. The predicted molar refractivity (Wildman–Crippen MR) is 89.5 cm³/mol. The van der Waals surface area contributed by atoms with Crippen LogP contribution in [0.3, 0.4) is 0 Å². The van der Waals surface area contributed by atoms with Crippen LogP contribution in [-0.2, 0) is 14.8 Å². The van der Waals surface area contributed by atoms with Crippen molar-refractivity contribution in [2.24, 2.45) is 0 Å². The third kappa shape index (κ3) is 4.37. The van der Waals surface area contributed by atoms with Crippen LogP contribution in [0.5, 0.6) is 0 Å². The second-order valence-corrected chi connectivity index (χ2v) is 6.80. The minimum Gasteiger partial charge on any atom is -0.453 e. The first-order valence-electron chi connectivity index (χ1n) is 6.56. The summed E-state index contributed by atoms with van der Waals surface area (Å²) < 4.78 is 31.9. The molecule has 0 aliphatic heterocycles. The summed E-state index contributed by atoms with van der Waals surface area (Å²) >= 11 is 5.84. The smallest absolute Gasteiger partial charge is 0.411 e. The Morgan fingerprint density at radius 2 is 1.83 bits per heavy atom. The van der Waals surface area contributed by atoms with Crippen LogP contribution >= 0.6 is 11.6 Å². The molecule has 2 rings (SSSR count). The van der Waals surface area contributed by atoms with E-state index in [9.17, 15) is 13.2 Å². The molecule has 2 aromatic rings. The molecule has 0 bridgehead atoms. The van der Waals surface area contributed by atoms with Gasteiger partial charge in [-0.3, -0.25) is 10.0 Å². The lowest BCUT2D eigenvalue weighted by Gasteiger charge is -2.12. The van der Waals surface area contributed by atoms with Crippen molar-refractivity contribution >= 4 is 39.1 Å². The Hall–Kier alpha value is -2.25. The normalized spacial score (nSPS) is 10.9. The summed E-state index contributed by atoms with van der Waals surface area (Å²) in [5.74, 6) is 0. The molecule has 23 heavy (non-hydrogen) atoms. The van der Waals surface area contributed by atoms with Gasteiger partial charge in [0.25, 0.3) is 10.0 Å². The van der Waals surface area contributed by atoms with E-state index in [1.807, 2.05) is 0 Å². The maximum absolute atomic E-state index is 12.5. The average Bonchev–Trinajstić information content (AvgIpc) is 2.46. The van der Waals surface area contributed by atoms with Gasteiger partial charge in [-0.05, 0) is 48.9 Å². The van der Waals surface area contributed by atoms with Crippen LogP contribution in [0.25, 0.3) is 0 Å². The second-order valence-electron chi connectivity index (χ2n) is 4.71. The lowest BCUT2D eigenvalue weighted by Crippen LogP contribution is -2.15. The Kier molecular flexibility index (Phi) is 5.12. The number of sulfonamides is 1. The fourth-order valence-corrected chi connectivity index (χ4v) is 3.46. The van der Waals surface area contributed by atoms with Crippen molar-refractivity contribution in [3.63, 3.8) is 0 Å². The average molecular weight is 355 g/mol. The fraction of sp³-hybridized carbons (Fsp3) is 0.133. The summed E-state index contributed by atoms with van der Waals surface area (Å²) in [5, 5.41) is 2.93. The third-order valence-electron chi connectivity index (χ3n) is 2.97. The number of benzene rings is 2. The molecule has 0 fully saturated rings. The molecule has 0 aromatic heterocycles. The van der Waals surface area contributed by atoms with Crippen LogP contribution in [0, 0.1) is 6.92 Å². The summed E-state index contributed by atoms with van der Waals surface area (Å²) in [6, 6.07) is 10.8. The molecule has 0 atom stereocenters. The number of amides is 1. The van der Waals surface area contributed by atoms with Gasteiger partial charge in [-0.15, -0.1) is 0 Å². The number of rotatable bonds is 4. The molecule has 0 heterocycles. The number of aryl methyl sites for hydroxylation is 1. The van der Waals surface area contributed by atoms with Crippen LogP contribution in [0.1, 0.15) is 5.56 Å². The molecule has 0 unspecified atom stereocenters. The molecule has 0 saturated carbocycles. The second kappa shape index (κ2) is 6.89. The molecular formula is C15H15ClN2O4S. The minimum absolute atomic E-state index is 0.133. The Bertz CT molecular complexity index is 837. The number of carbonyl (C=O) groups excluding carboxylic acids is 1. The van der Waals surface area contributed by atoms with Gasteiger partial charge in [-0.25, -0.2) is 13.2 Å². The molecule has 2 N–H and O–H groups in total. The molecule has 8 heteroatoms. The zero-order valence-electron chi connectivity index (χ0n) is 12.5. The van der Waals surface area contributed by atoms with Gasteiger partial charge in [0.05, 0.1) is 17.7 Å². The summed E-state index contributed by atoms with van der Waals surface area (Å²) in [7, 11) is -2.52. The predicted octanol–water partition coefficient (Wildman–Crippen LogP) is 3.63. The van der Waals surface area contributed by atoms with E-state index in [1.165, 1.54) is 25.3 Å². The Morgan fingerprint density at radius 1 is 1.13 bits per heavy atom. The van der Waals surface area contributed by atoms with Crippen LogP contribution in [0.4, 0.5) is 16.2 Å². The molecule has 122 valence electrons. The number of hydrogen-bond donors (Lipinski definition) is 2. The maximum Gasteiger partial charge on any atom is 0.411 e. The molecule has 1 amide bonds. The van der Waals surface area contributed by atoms with Crippen molar-refractivity contribution in [3.05, 3.63) is 53.1 Å². The lowest BCUT2D eigenvalue weighted by atomic mass is 10.2. The summed E-state index contributed by atoms with van der Waals surface area (Å²) in [5.41, 5.74) is 1.26. The molecule has 0 radical (unpaired) electrons. The number of nitrogens with one attached hydrogen (secondary N) is 2. The zero-order valence-corrected chi connectivity index (χ0v) is 14.0. The van der Waals surface area contributed by atoms with Crippen LogP contribution in [0.15, 0.2) is 47.4 Å². The van der Waals surface area contributed by atoms with Gasteiger partial charge in [0.1, 0.15) is 0 Å². The minimum atomic E-state index is -3.76. The van der Waals surface area contributed by atoms with Crippen molar-refractivity contribution in [2.75, 3.05) is 17.1 Å². The van der Waals surface area contributed by atoms with Gasteiger partial charge in [0.15, 0.2) is 0 Å². The van der Waals surface area contributed by atoms with E-state index in [4.69, 9.17) is 11.6 Å². The maximum atomic E-state index is 12.5. The third-order valence-corrected chi connectivity index (χ3v) is 4.75. The Labute approximate surface area is 139 Å². The number of ether oxygens (including phenoxy) is 1. The van der Waals surface area contributed by atoms with E-state index < -0.39 is 16.1 Å². The van der Waals surface area contributed by atoms with Gasteiger partial charge < -0.3 is 4.74 Å². The van der Waals surface area contributed by atoms with E-state index in [0.29, 0.717) is 22.0 Å². The molecule has 2 aromatic carbocycles. The van der Waals surface area contributed by atoms with Crippen LogP contribution in [-0.4, -0.2) is 21.6 Å². The van der Waals surface area contributed by atoms with Gasteiger partial charge in [-0.2, -0.15) is 0 Å². The number of anilines is 2. The van der Waals surface area contributed by atoms with Gasteiger partial charge >= 0.3 is 6.09 Å². The van der Waals surface area contributed by atoms with E-state index in [-0.39, 0.29) is 4.90 Å². The highest BCUT2D eigenvalue weighted by Gasteiger charge is 2.17. The fourth-order valence-electron chi connectivity index (χ4n) is 1.95. The summed E-state index contributed by atoms with van der Waals surface area (Å²) in [6.07, 6.45) is -0.640. The standard InChI is InChI=1S/C15H15ClN2O4S/c1-10-8-11(16)6-7-14(10)23(20,21)18-13-5-3-4-12(9-13)17-15(19)22-2/h3-9,18H,1-2H3,(H,17,19). The van der Waals surface area contributed by atoms with Gasteiger partial charge in [-0.1, -0.05) is 17.7 Å². The SMILES string of the molecule is COC(=O)Nc1cccc(NS(=O)(=O)c2ccc(Cl)cc2C)c1. The van der Waals surface area contributed by atoms with Crippen molar-refractivity contribution in [1.82, 2.24) is 0 Å². The molecule has 0 aliphatic rings. The largest absolute Gasteiger partial charge is 0.453 e. The number of halogens is 1. The first-order chi connectivity index (χ1) is 10.8. The van der Waals surface area contributed by atoms with Crippen molar-refractivity contribution in [3.8, 4) is 0 Å². The molecule has 6 nitrogen and oxygen atoms in total. The summed E-state index contributed by atoms with van der Waals surface area (Å²) in [4.78, 5) is 11.3. The number of methoxy groups -OCH3 is 1. The number of carbonyl (C=O) groups is 1. The molecule has 0 spiro atoms. The molecule has 0 aliphatic carbocycles. The lowest BCUT2D eigenvalue weighted by molar-refractivity contribution is 0.187. The van der Waals surface area contributed by atoms with Crippen molar-refractivity contribution < 1.29 is 17.9 Å². The van der Waals surface area contributed by atoms with E-state index in [0.717, 1.165) is 0 Å². The first kappa shape index (κ1) is 17.1. The Balaban J connectivity index is 2.27. The van der Waals surface area contributed by atoms with E-state index in [2.05, 4.69) is 14.8 Å². The van der Waals surface area contributed by atoms with E-state index in [1.54, 1.807) is 31.2 Å². The van der Waals surface area contributed by atoms with E-state index >= 15 is 0 Å². The molecule has 0 saturated heterocycles. The highest BCUT2D eigenvalue weighted by atomic mass is 35.5. The van der Waals surface area contributed by atoms with Crippen LogP contribution < -0.4 is 10.0 Å². The van der Waals surface area contributed by atoms with Crippen molar-refractivity contribution in [2.45, 2.75) is 11.8 Å². The summed E-state index contributed by atoms with van der Waals surface area (Å²) in [6.45, 7) is 1.66. The monoisotopic (exact) mass is 354 g/mol. The van der Waals surface area contributed by atoms with Gasteiger partial charge in [0, 0.05) is 10.7 Å². The zero-order chi connectivity index (χ0) is 17.0. The van der Waals surface area contributed by atoms with Crippen LogP contribution in [0.2, 0.25) is 5.02 Å². The topological polar surface area (TPSA) is 84.5 Å². The highest BCUT2D eigenvalue weighted by molar-refractivity contribution is 7.92. The quantitative estimate of drug-likeness (QED) is 0.878. The van der Waals surface area contributed by atoms with Gasteiger partial charge in [0.2, 0.25) is 0 Å². The first-order valence-corrected chi connectivity index (χ1v) is 8.42. The highest BCUT2D eigenvalue weighted by Crippen LogP contribution is 2.23. The van der Waals surface area contributed by atoms with Crippen molar-refractivity contribution in [1.29, 1.82) is 0 Å². The molecular weight excluding hydrogens is 340 g/mol.